The van der Waals surface area contributed by atoms with Crippen LogP contribution in [0.2, 0.25) is 0 Å². The summed E-state index contributed by atoms with van der Waals surface area (Å²) < 4.78 is 2.78. The number of hydrogen-bond acceptors (Lipinski definition) is 4. The number of aromatic nitrogens is 4. The van der Waals surface area contributed by atoms with Crippen LogP contribution in [0.1, 0.15) is 0 Å². The van der Waals surface area contributed by atoms with Gasteiger partial charge in [0.05, 0.1) is 15.3 Å². The first-order valence-corrected chi connectivity index (χ1v) is 6.03. The zero-order chi connectivity index (χ0) is 11.8. The third-order valence-corrected chi connectivity index (χ3v) is 2.96. The molecule has 2 N–H and O–H groups in total. The number of fused-ring (bicyclic) bond motifs is 1. The molecule has 0 amide bonds. The molecule has 0 bridgehead atoms. The fourth-order valence-corrected chi connectivity index (χ4v) is 2.05. The van der Waals surface area contributed by atoms with Gasteiger partial charge in [0.15, 0.2) is 5.82 Å². The lowest BCUT2D eigenvalue weighted by Gasteiger charge is -2.05. The van der Waals surface area contributed by atoms with Crippen LogP contribution in [0.3, 0.4) is 0 Å². The molecule has 0 saturated heterocycles. The van der Waals surface area contributed by atoms with Crippen LogP contribution in [0.15, 0.2) is 36.9 Å². The number of nitrogen functional groups attached to an aromatic ring is 1. The lowest BCUT2D eigenvalue weighted by Crippen LogP contribution is -2.00. The van der Waals surface area contributed by atoms with E-state index in [-0.39, 0.29) is 0 Å². The summed E-state index contributed by atoms with van der Waals surface area (Å²) in [6.07, 6.45) is 5.22. The van der Waals surface area contributed by atoms with Crippen LogP contribution in [0.5, 0.6) is 0 Å². The first-order valence-electron chi connectivity index (χ1n) is 4.95. The minimum Gasteiger partial charge on any atom is -0.399 e. The predicted octanol–water partition coefficient (Wildman–Crippen LogP) is 2.00. The van der Waals surface area contributed by atoms with E-state index in [9.17, 15) is 0 Å². The number of halogens is 1. The minimum absolute atomic E-state index is 0.690. The van der Waals surface area contributed by atoms with E-state index in [1.165, 1.54) is 6.33 Å². The molecule has 2 aromatic heterocycles. The third kappa shape index (κ3) is 1.84. The molecule has 0 aliphatic heterocycles. The summed E-state index contributed by atoms with van der Waals surface area (Å²) in [5.74, 6) is 0.741. The number of hydrogen-bond donors (Lipinski definition) is 1. The molecule has 0 aliphatic carbocycles. The number of rotatable bonds is 1. The third-order valence-electron chi connectivity index (χ3n) is 2.41. The molecular formula is C11H8IN5. The second kappa shape index (κ2) is 3.95. The average Bonchev–Trinajstić information content (AvgIpc) is 2.75. The first-order chi connectivity index (χ1) is 8.24. The van der Waals surface area contributed by atoms with Crippen LogP contribution in [-0.4, -0.2) is 19.7 Å². The zero-order valence-corrected chi connectivity index (χ0v) is 10.9. The average molecular weight is 337 g/mol. The lowest BCUT2D eigenvalue weighted by atomic mass is 10.2. The van der Waals surface area contributed by atoms with Crippen molar-refractivity contribution in [2.45, 2.75) is 0 Å². The molecule has 3 aromatic rings. The number of nitrogens with zero attached hydrogens (tertiary/aromatic N) is 4. The highest BCUT2D eigenvalue weighted by Crippen LogP contribution is 2.20. The van der Waals surface area contributed by atoms with Gasteiger partial charge < -0.3 is 5.73 Å². The topological polar surface area (TPSA) is 69.6 Å². The van der Waals surface area contributed by atoms with Gasteiger partial charge in [-0.2, -0.15) is 5.10 Å². The second-order valence-corrected chi connectivity index (χ2v) is 4.82. The van der Waals surface area contributed by atoms with E-state index < -0.39 is 0 Å². The first kappa shape index (κ1) is 10.5. The van der Waals surface area contributed by atoms with E-state index >= 15 is 0 Å². The van der Waals surface area contributed by atoms with Crippen LogP contribution >= 0.6 is 22.6 Å². The second-order valence-electron chi connectivity index (χ2n) is 3.58. The molecule has 0 radical (unpaired) electrons. The SMILES string of the molecule is Nc1ccc2ncnc(-n3cc(I)cn3)c2c1. The van der Waals surface area contributed by atoms with E-state index in [1.54, 1.807) is 10.9 Å². The van der Waals surface area contributed by atoms with Gasteiger partial charge in [-0.25, -0.2) is 14.6 Å². The largest absolute Gasteiger partial charge is 0.399 e. The lowest BCUT2D eigenvalue weighted by molar-refractivity contribution is 0.851. The molecule has 0 saturated carbocycles. The van der Waals surface area contributed by atoms with Crippen molar-refractivity contribution in [2.24, 2.45) is 0 Å². The Morgan fingerprint density at radius 2 is 2.12 bits per heavy atom. The fraction of sp³-hybridized carbons (Fsp3) is 0. The Hall–Kier alpha value is -1.70. The summed E-state index contributed by atoms with van der Waals surface area (Å²) in [6, 6.07) is 5.56. The highest BCUT2D eigenvalue weighted by atomic mass is 127. The molecule has 0 aliphatic rings. The molecule has 0 atom stereocenters. The maximum atomic E-state index is 5.79. The van der Waals surface area contributed by atoms with Crippen LogP contribution in [0.25, 0.3) is 16.7 Å². The standard InChI is InChI=1S/C11H8IN5/c12-7-4-16-17(5-7)11-9-3-8(13)1-2-10(9)14-6-15-11/h1-6H,13H2. The molecule has 5 nitrogen and oxygen atoms in total. The normalized spacial score (nSPS) is 10.9. The number of nitrogens with two attached hydrogens (primary N) is 1. The number of anilines is 1. The molecule has 6 heteroatoms. The molecular weight excluding hydrogens is 329 g/mol. The van der Waals surface area contributed by atoms with Gasteiger partial charge >= 0.3 is 0 Å². The Morgan fingerprint density at radius 1 is 1.24 bits per heavy atom. The quantitative estimate of drug-likeness (QED) is 0.545. The molecule has 0 spiro atoms. The van der Waals surface area contributed by atoms with Crippen molar-refractivity contribution in [3.8, 4) is 5.82 Å². The van der Waals surface area contributed by atoms with Crippen molar-refractivity contribution in [1.82, 2.24) is 19.7 Å². The van der Waals surface area contributed by atoms with Gasteiger partial charge in [0, 0.05) is 17.3 Å². The Labute approximate surface area is 111 Å². The van der Waals surface area contributed by atoms with Crippen LogP contribution < -0.4 is 5.73 Å². The van der Waals surface area contributed by atoms with Crippen molar-refractivity contribution in [1.29, 1.82) is 0 Å². The van der Waals surface area contributed by atoms with Gasteiger partial charge in [0.1, 0.15) is 6.33 Å². The van der Waals surface area contributed by atoms with E-state index in [0.29, 0.717) is 5.69 Å². The predicted molar refractivity (Wildman–Crippen MR) is 73.8 cm³/mol. The molecule has 1 aromatic carbocycles. The number of benzene rings is 1. The molecule has 3 rings (SSSR count). The summed E-state index contributed by atoms with van der Waals surface area (Å²) >= 11 is 2.21. The Morgan fingerprint density at radius 3 is 2.88 bits per heavy atom. The summed E-state index contributed by atoms with van der Waals surface area (Å²) in [4.78, 5) is 8.47. The van der Waals surface area contributed by atoms with Crippen LogP contribution in [0.4, 0.5) is 5.69 Å². The van der Waals surface area contributed by atoms with Crippen LogP contribution in [0, 0.1) is 3.57 Å². The highest BCUT2D eigenvalue weighted by molar-refractivity contribution is 14.1. The summed E-state index contributed by atoms with van der Waals surface area (Å²) in [6.45, 7) is 0. The van der Waals surface area contributed by atoms with Crippen molar-refractivity contribution in [3.63, 3.8) is 0 Å². The van der Waals surface area contributed by atoms with Gasteiger partial charge in [-0.05, 0) is 40.8 Å². The van der Waals surface area contributed by atoms with Gasteiger partial charge in [0.25, 0.3) is 0 Å². The fourth-order valence-electron chi connectivity index (χ4n) is 1.66. The van der Waals surface area contributed by atoms with Crippen molar-refractivity contribution in [3.05, 3.63) is 40.5 Å². The molecule has 84 valence electrons. The van der Waals surface area contributed by atoms with Gasteiger partial charge in [-0.15, -0.1) is 0 Å². The van der Waals surface area contributed by atoms with E-state index in [1.807, 2.05) is 24.4 Å². The van der Waals surface area contributed by atoms with Crippen molar-refractivity contribution < 1.29 is 0 Å². The molecule has 0 unspecified atom stereocenters. The van der Waals surface area contributed by atoms with Crippen molar-refractivity contribution in [2.75, 3.05) is 5.73 Å². The van der Waals surface area contributed by atoms with E-state index in [4.69, 9.17) is 5.73 Å². The van der Waals surface area contributed by atoms with Crippen molar-refractivity contribution >= 4 is 39.2 Å². The van der Waals surface area contributed by atoms with E-state index in [2.05, 4.69) is 37.7 Å². The molecule has 0 fully saturated rings. The minimum atomic E-state index is 0.690. The van der Waals surface area contributed by atoms with Gasteiger partial charge in [-0.1, -0.05) is 0 Å². The monoisotopic (exact) mass is 337 g/mol. The maximum Gasteiger partial charge on any atom is 0.164 e. The van der Waals surface area contributed by atoms with Gasteiger partial charge in [-0.3, -0.25) is 0 Å². The molecule has 17 heavy (non-hydrogen) atoms. The zero-order valence-electron chi connectivity index (χ0n) is 8.71. The smallest absolute Gasteiger partial charge is 0.164 e. The van der Waals surface area contributed by atoms with E-state index in [0.717, 1.165) is 20.3 Å². The summed E-state index contributed by atoms with van der Waals surface area (Å²) in [7, 11) is 0. The Kier molecular flexibility index (Phi) is 2.43. The Bertz CT molecular complexity index is 691. The molecule has 2 heterocycles. The highest BCUT2D eigenvalue weighted by Gasteiger charge is 2.07. The Balaban J connectivity index is 2.32. The van der Waals surface area contributed by atoms with Gasteiger partial charge in [0.2, 0.25) is 0 Å². The summed E-state index contributed by atoms with van der Waals surface area (Å²) in [5.41, 5.74) is 7.34. The van der Waals surface area contributed by atoms with Crippen LogP contribution in [-0.2, 0) is 0 Å². The summed E-state index contributed by atoms with van der Waals surface area (Å²) in [5, 5.41) is 5.14. The maximum absolute atomic E-state index is 5.79.